The van der Waals surface area contributed by atoms with Gasteiger partial charge in [0.2, 0.25) is 0 Å². The molecular formula is C12H23N3O. The van der Waals surface area contributed by atoms with Crippen molar-refractivity contribution in [3.63, 3.8) is 0 Å². The fraction of sp³-hybridized carbons (Fsp3) is 0.917. The zero-order valence-corrected chi connectivity index (χ0v) is 10.3. The van der Waals surface area contributed by atoms with Crippen LogP contribution in [0.1, 0.15) is 39.0 Å². The molecule has 2 aliphatic rings. The third-order valence-electron chi connectivity index (χ3n) is 4.04. The zero-order chi connectivity index (χ0) is 11.5. The molecule has 4 heteroatoms. The minimum absolute atomic E-state index is 0.153. The highest BCUT2D eigenvalue weighted by Gasteiger charge is 2.34. The number of hydrogen-bond acceptors (Lipinski definition) is 2. The van der Waals surface area contributed by atoms with Gasteiger partial charge in [0.05, 0.1) is 0 Å². The van der Waals surface area contributed by atoms with Gasteiger partial charge in [-0.3, -0.25) is 0 Å². The van der Waals surface area contributed by atoms with Crippen LogP contribution in [0.3, 0.4) is 0 Å². The highest BCUT2D eigenvalue weighted by atomic mass is 16.2. The van der Waals surface area contributed by atoms with Crippen LogP contribution < -0.4 is 10.6 Å². The lowest BCUT2D eigenvalue weighted by molar-refractivity contribution is 0.170. The molecule has 2 rings (SSSR count). The van der Waals surface area contributed by atoms with Gasteiger partial charge < -0.3 is 15.5 Å². The fourth-order valence-electron chi connectivity index (χ4n) is 2.85. The first-order valence-electron chi connectivity index (χ1n) is 6.49. The van der Waals surface area contributed by atoms with Crippen LogP contribution in [0.15, 0.2) is 0 Å². The molecule has 1 saturated heterocycles. The first kappa shape index (κ1) is 11.7. The third-order valence-corrected chi connectivity index (χ3v) is 4.04. The van der Waals surface area contributed by atoms with Gasteiger partial charge in [-0.2, -0.15) is 0 Å². The Morgan fingerprint density at radius 2 is 2.06 bits per heavy atom. The van der Waals surface area contributed by atoms with E-state index < -0.39 is 0 Å². The summed E-state index contributed by atoms with van der Waals surface area (Å²) >= 11 is 0. The Bertz CT molecular complexity index is 249. The van der Waals surface area contributed by atoms with Crippen molar-refractivity contribution in [2.24, 2.45) is 0 Å². The van der Waals surface area contributed by atoms with Gasteiger partial charge in [-0.1, -0.05) is 6.92 Å². The molecule has 2 N–H and O–H groups in total. The zero-order valence-electron chi connectivity index (χ0n) is 10.3. The number of urea groups is 1. The Balaban J connectivity index is 1.87. The Morgan fingerprint density at radius 1 is 1.38 bits per heavy atom. The van der Waals surface area contributed by atoms with Gasteiger partial charge in [0.15, 0.2) is 0 Å². The third kappa shape index (κ3) is 2.32. The Hall–Kier alpha value is -0.770. The van der Waals surface area contributed by atoms with Crippen LogP contribution in [-0.2, 0) is 0 Å². The molecule has 1 saturated carbocycles. The van der Waals surface area contributed by atoms with E-state index in [0.29, 0.717) is 18.1 Å². The molecule has 16 heavy (non-hydrogen) atoms. The fourth-order valence-corrected chi connectivity index (χ4v) is 2.85. The highest BCUT2D eigenvalue weighted by molar-refractivity contribution is 5.77. The predicted molar refractivity (Wildman–Crippen MR) is 64.4 cm³/mol. The molecule has 1 heterocycles. The van der Waals surface area contributed by atoms with E-state index in [1.54, 1.807) is 0 Å². The van der Waals surface area contributed by atoms with Crippen LogP contribution in [-0.4, -0.2) is 42.6 Å². The molecule has 92 valence electrons. The lowest BCUT2D eigenvalue weighted by atomic mass is 9.90. The first-order valence-corrected chi connectivity index (χ1v) is 6.49. The van der Waals surface area contributed by atoms with E-state index in [0.717, 1.165) is 25.8 Å². The monoisotopic (exact) mass is 225 g/mol. The summed E-state index contributed by atoms with van der Waals surface area (Å²) in [5.74, 6) is 0. The molecule has 1 aliphatic carbocycles. The second-order valence-corrected chi connectivity index (χ2v) is 5.00. The molecule has 1 aliphatic heterocycles. The quantitative estimate of drug-likeness (QED) is 0.761. The molecule has 0 radical (unpaired) electrons. The molecule has 0 spiro atoms. The average molecular weight is 225 g/mol. The van der Waals surface area contributed by atoms with Crippen LogP contribution >= 0.6 is 0 Å². The van der Waals surface area contributed by atoms with Crippen molar-refractivity contribution >= 4 is 6.03 Å². The van der Waals surface area contributed by atoms with Crippen molar-refractivity contribution in [2.45, 2.75) is 57.2 Å². The maximum Gasteiger partial charge on any atom is 0.317 e. The number of rotatable bonds is 3. The van der Waals surface area contributed by atoms with E-state index in [1.807, 2.05) is 7.05 Å². The molecule has 0 aromatic heterocycles. The van der Waals surface area contributed by atoms with E-state index in [4.69, 9.17) is 0 Å². The van der Waals surface area contributed by atoms with Crippen molar-refractivity contribution in [1.29, 1.82) is 0 Å². The number of carbonyl (C=O) groups excluding carboxylic acids is 1. The lowest BCUT2D eigenvalue weighted by Gasteiger charge is -2.33. The summed E-state index contributed by atoms with van der Waals surface area (Å²) in [5, 5.41) is 6.37. The van der Waals surface area contributed by atoms with Gasteiger partial charge in [-0.05, 0) is 39.2 Å². The van der Waals surface area contributed by atoms with Crippen molar-refractivity contribution in [2.75, 3.05) is 13.6 Å². The van der Waals surface area contributed by atoms with Crippen LogP contribution in [0.2, 0.25) is 0 Å². The Morgan fingerprint density at radius 3 is 2.56 bits per heavy atom. The Labute approximate surface area is 97.8 Å². The van der Waals surface area contributed by atoms with E-state index in [2.05, 4.69) is 22.5 Å². The highest BCUT2D eigenvalue weighted by Crippen LogP contribution is 2.25. The van der Waals surface area contributed by atoms with Crippen LogP contribution in [0, 0.1) is 0 Å². The summed E-state index contributed by atoms with van der Waals surface area (Å²) in [7, 11) is 2.03. The number of nitrogens with one attached hydrogen (secondary N) is 2. The summed E-state index contributed by atoms with van der Waals surface area (Å²) in [5.41, 5.74) is 0. The second kappa shape index (κ2) is 5.04. The Kier molecular flexibility index (Phi) is 3.69. The van der Waals surface area contributed by atoms with E-state index in [-0.39, 0.29) is 6.03 Å². The summed E-state index contributed by atoms with van der Waals surface area (Å²) in [6.45, 7) is 3.04. The molecule has 1 atom stereocenters. The molecule has 2 fully saturated rings. The van der Waals surface area contributed by atoms with Gasteiger partial charge in [0.25, 0.3) is 0 Å². The van der Waals surface area contributed by atoms with Gasteiger partial charge in [0.1, 0.15) is 0 Å². The summed E-state index contributed by atoms with van der Waals surface area (Å²) in [6.07, 6.45) is 5.72. The van der Waals surface area contributed by atoms with E-state index in [9.17, 15) is 4.79 Å². The van der Waals surface area contributed by atoms with Crippen molar-refractivity contribution < 1.29 is 4.79 Å². The maximum atomic E-state index is 11.8. The normalized spacial score (nSPS) is 35.2. The van der Waals surface area contributed by atoms with Crippen LogP contribution in [0.4, 0.5) is 4.79 Å². The van der Waals surface area contributed by atoms with Gasteiger partial charge >= 0.3 is 6.03 Å². The van der Waals surface area contributed by atoms with Crippen molar-refractivity contribution in [1.82, 2.24) is 15.5 Å². The predicted octanol–water partition coefficient (Wildman–Crippen LogP) is 1.32. The molecule has 0 aromatic rings. The van der Waals surface area contributed by atoms with Crippen molar-refractivity contribution in [3.05, 3.63) is 0 Å². The minimum Gasteiger partial charge on any atom is -0.333 e. The molecule has 0 aromatic carbocycles. The maximum absolute atomic E-state index is 11.8. The summed E-state index contributed by atoms with van der Waals surface area (Å²) < 4.78 is 0. The van der Waals surface area contributed by atoms with E-state index >= 15 is 0 Å². The first-order chi connectivity index (χ1) is 7.74. The minimum atomic E-state index is 0.153. The summed E-state index contributed by atoms with van der Waals surface area (Å²) in [6, 6.07) is 1.65. The molecule has 1 unspecified atom stereocenters. The van der Waals surface area contributed by atoms with Crippen molar-refractivity contribution in [3.8, 4) is 0 Å². The van der Waals surface area contributed by atoms with E-state index in [1.165, 1.54) is 12.8 Å². The smallest absolute Gasteiger partial charge is 0.317 e. The standard InChI is InChI=1S/C12H23N3O/c1-3-9-8-15(12(16)14-9)11-6-4-10(13-2)5-7-11/h9-11,13H,3-8H2,1-2H3,(H,14,16). The second-order valence-electron chi connectivity index (χ2n) is 5.00. The SMILES string of the molecule is CCC1CN(C2CCC(NC)CC2)C(=O)N1. The van der Waals surface area contributed by atoms with Gasteiger partial charge in [-0.15, -0.1) is 0 Å². The topological polar surface area (TPSA) is 44.4 Å². The molecular weight excluding hydrogens is 202 g/mol. The van der Waals surface area contributed by atoms with Crippen LogP contribution in [0.5, 0.6) is 0 Å². The number of hydrogen-bond donors (Lipinski definition) is 2. The molecule has 0 bridgehead atoms. The van der Waals surface area contributed by atoms with Gasteiger partial charge in [0, 0.05) is 24.7 Å². The number of nitrogens with zero attached hydrogens (tertiary/aromatic N) is 1. The van der Waals surface area contributed by atoms with Crippen LogP contribution in [0.25, 0.3) is 0 Å². The lowest BCUT2D eigenvalue weighted by Crippen LogP contribution is -2.43. The van der Waals surface area contributed by atoms with Gasteiger partial charge in [-0.25, -0.2) is 4.79 Å². The largest absolute Gasteiger partial charge is 0.333 e. The number of amides is 2. The summed E-state index contributed by atoms with van der Waals surface area (Å²) in [4.78, 5) is 13.8. The molecule has 4 nitrogen and oxygen atoms in total. The average Bonchev–Trinajstić information content (AvgIpc) is 2.71. The number of carbonyl (C=O) groups is 1. The molecule has 2 amide bonds.